The first-order valence-electron chi connectivity index (χ1n) is 4.32. The number of phenols is 1. The highest BCUT2D eigenvalue weighted by molar-refractivity contribution is 6.31. The van der Waals surface area contributed by atoms with Gasteiger partial charge in [0.05, 0.1) is 10.6 Å². The first-order chi connectivity index (χ1) is 6.59. The molecule has 1 aromatic rings. The van der Waals surface area contributed by atoms with Crippen LogP contribution in [0.4, 0.5) is 4.39 Å². The summed E-state index contributed by atoms with van der Waals surface area (Å²) in [7, 11) is 0. The molecule has 0 bridgehead atoms. The number of benzene rings is 1. The first kappa shape index (κ1) is 9.46. The third kappa shape index (κ3) is 1.60. The van der Waals surface area contributed by atoms with Gasteiger partial charge >= 0.3 is 0 Å². The number of phenolic OH excluding ortho intramolecular Hbond substituents is 1. The molecule has 1 saturated carbocycles. The number of carbonyl (C=O) groups excluding carboxylic acids is 1. The summed E-state index contributed by atoms with van der Waals surface area (Å²) in [5.41, 5.74) is 0.124. The third-order valence-corrected chi connectivity index (χ3v) is 2.54. The van der Waals surface area contributed by atoms with E-state index in [9.17, 15) is 14.3 Å². The Balaban J connectivity index is 2.41. The minimum absolute atomic E-state index is 0.0116. The van der Waals surface area contributed by atoms with Gasteiger partial charge in [-0.15, -0.1) is 0 Å². The second-order valence-electron chi connectivity index (χ2n) is 3.42. The average Bonchev–Trinajstić information content (AvgIpc) is 2.93. The standard InChI is InChI=1S/C10H8ClFO2/c11-7-3-6(9(13)4-8(7)12)10(14)5-1-2-5/h3-5,13H,1-2H2. The Morgan fingerprint density at radius 3 is 2.71 bits per heavy atom. The van der Waals surface area contributed by atoms with E-state index >= 15 is 0 Å². The predicted octanol–water partition coefficient (Wildman–Crippen LogP) is 2.78. The van der Waals surface area contributed by atoms with Gasteiger partial charge in [-0.25, -0.2) is 4.39 Å². The topological polar surface area (TPSA) is 37.3 Å². The van der Waals surface area contributed by atoms with Crippen molar-refractivity contribution < 1.29 is 14.3 Å². The minimum Gasteiger partial charge on any atom is -0.507 e. The lowest BCUT2D eigenvalue weighted by Gasteiger charge is -2.03. The number of halogens is 2. The molecule has 0 amide bonds. The minimum atomic E-state index is -0.712. The number of rotatable bonds is 2. The molecule has 1 aliphatic carbocycles. The van der Waals surface area contributed by atoms with Gasteiger partial charge in [0.1, 0.15) is 11.6 Å². The molecule has 14 heavy (non-hydrogen) atoms. The van der Waals surface area contributed by atoms with Gasteiger partial charge in [-0.05, 0) is 18.9 Å². The van der Waals surface area contributed by atoms with Crippen LogP contribution in [0, 0.1) is 11.7 Å². The van der Waals surface area contributed by atoms with Crippen LogP contribution < -0.4 is 0 Å². The Labute approximate surface area is 85.3 Å². The molecule has 0 unspecified atom stereocenters. The number of ketones is 1. The maximum absolute atomic E-state index is 12.8. The summed E-state index contributed by atoms with van der Waals surface area (Å²) in [6.07, 6.45) is 1.68. The van der Waals surface area contributed by atoms with E-state index in [1.165, 1.54) is 6.07 Å². The maximum Gasteiger partial charge on any atom is 0.169 e. The molecule has 0 saturated heterocycles. The van der Waals surface area contributed by atoms with Gasteiger partial charge in [0.2, 0.25) is 0 Å². The smallest absolute Gasteiger partial charge is 0.169 e. The predicted molar refractivity (Wildman–Crippen MR) is 50.1 cm³/mol. The molecule has 2 nitrogen and oxygen atoms in total. The Kier molecular flexibility index (Phi) is 2.19. The molecule has 0 aliphatic heterocycles. The largest absolute Gasteiger partial charge is 0.507 e. The lowest BCUT2D eigenvalue weighted by atomic mass is 10.1. The van der Waals surface area contributed by atoms with Gasteiger partial charge in [-0.2, -0.15) is 0 Å². The van der Waals surface area contributed by atoms with Crippen molar-refractivity contribution >= 4 is 17.4 Å². The van der Waals surface area contributed by atoms with E-state index in [1.54, 1.807) is 0 Å². The van der Waals surface area contributed by atoms with Crippen LogP contribution in [0.3, 0.4) is 0 Å². The van der Waals surface area contributed by atoms with Gasteiger partial charge < -0.3 is 5.11 Å². The van der Waals surface area contributed by atoms with Crippen molar-refractivity contribution in [1.82, 2.24) is 0 Å². The van der Waals surface area contributed by atoms with Crippen LogP contribution >= 0.6 is 11.6 Å². The van der Waals surface area contributed by atoms with E-state index in [1.807, 2.05) is 0 Å². The van der Waals surface area contributed by atoms with E-state index in [0.717, 1.165) is 18.9 Å². The number of aromatic hydroxyl groups is 1. The maximum atomic E-state index is 12.8. The summed E-state index contributed by atoms with van der Waals surface area (Å²) < 4.78 is 12.8. The number of Topliss-reactive ketones (excluding diaryl/α,β-unsaturated/α-hetero) is 1. The van der Waals surface area contributed by atoms with Crippen LogP contribution in [0.1, 0.15) is 23.2 Å². The summed E-state index contributed by atoms with van der Waals surface area (Å²) in [5.74, 6) is -1.20. The summed E-state index contributed by atoms with van der Waals surface area (Å²) in [6, 6.07) is 2.06. The molecule has 0 aromatic heterocycles. The molecular formula is C10H8ClFO2. The fourth-order valence-corrected chi connectivity index (χ4v) is 1.46. The molecule has 0 heterocycles. The van der Waals surface area contributed by atoms with Crippen LogP contribution in [0.15, 0.2) is 12.1 Å². The normalized spacial score (nSPS) is 15.6. The van der Waals surface area contributed by atoms with Crippen LogP contribution in [-0.4, -0.2) is 10.9 Å². The van der Waals surface area contributed by atoms with Crippen molar-refractivity contribution in [2.45, 2.75) is 12.8 Å². The van der Waals surface area contributed by atoms with Gasteiger partial charge in [-0.3, -0.25) is 4.79 Å². The van der Waals surface area contributed by atoms with E-state index in [-0.39, 0.29) is 28.0 Å². The van der Waals surface area contributed by atoms with Crippen molar-refractivity contribution in [1.29, 1.82) is 0 Å². The monoisotopic (exact) mass is 214 g/mol. The molecule has 74 valence electrons. The highest BCUT2D eigenvalue weighted by Crippen LogP contribution is 2.36. The fourth-order valence-electron chi connectivity index (χ4n) is 1.30. The van der Waals surface area contributed by atoms with E-state index in [2.05, 4.69) is 0 Å². The zero-order valence-corrected chi connectivity index (χ0v) is 8.01. The Morgan fingerprint density at radius 1 is 1.50 bits per heavy atom. The zero-order chi connectivity index (χ0) is 10.3. The Morgan fingerprint density at radius 2 is 2.14 bits per heavy atom. The first-order valence-corrected chi connectivity index (χ1v) is 4.69. The number of hydrogen-bond donors (Lipinski definition) is 1. The lowest BCUT2D eigenvalue weighted by Crippen LogP contribution is -2.02. The number of carbonyl (C=O) groups is 1. The summed E-state index contributed by atoms with van der Waals surface area (Å²) in [4.78, 5) is 11.6. The summed E-state index contributed by atoms with van der Waals surface area (Å²) in [6.45, 7) is 0. The van der Waals surface area contributed by atoms with Gasteiger partial charge in [0, 0.05) is 12.0 Å². The second-order valence-corrected chi connectivity index (χ2v) is 3.83. The lowest BCUT2D eigenvalue weighted by molar-refractivity contribution is 0.0965. The molecule has 0 spiro atoms. The molecule has 4 heteroatoms. The van der Waals surface area contributed by atoms with Crippen molar-refractivity contribution in [3.05, 3.63) is 28.5 Å². The zero-order valence-electron chi connectivity index (χ0n) is 7.26. The van der Waals surface area contributed by atoms with E-state index < -0.39 is 5.82 Å². The average molecular weight is 215 g/mol. The molecule has 1 aromatic carbocycles. The molecule has 1 aliphatic rings. The highest BCUT2D eigenvalue weighted by atomic mass is 35.5. The van der Waals surface area contributed by atoms with Gasteiger partial charge in [0.25, 0.3) is 0 Å². The SMILES string of the molecule is O=C(c1cc(Cl)c(F)cc1O)C1CC1. The Bertz CT molecular complexity index is 399. The number of hydrogen-bond acceptors (Lipinski definition) is 2. The van der Waals surface area contributed by atoms with Crippen LogP contribution in [0.2, 0.25) is 5.02 Å². The second kappa shape index (κ2) is 3.24. The van der Waals surface area contributed by atoms with Crippen LogP contribution in [0.5, 0.6) is 5.75 Å². The summed E-state index contributed by atoms with van der Waals surface area (Å²) >= 11 is 5.52. The highest BCUT2D eigenvalue weighted by Gasteiger charge is 2.32. The quantitative estimate of drug-likeness (QED) is 0.769. The van der Waals surface area contributed by atoms with Gasteiger partial charge in [-0.1, -0.05) is 11.6 Å². The molecule has 0 radical (unpaired) electrons. The van der Waals surface area contributed by atoms with Crippen LogP contribution in [-0.2, 0) is 0 Å². The molecular weight excluding hydrogens is 207 g/mol. The fraction of sp³-hybridized carbons (Fsp3) is 0.300. The molecule has 1 fully saturated rings. The van der Waals surface area contributed by atoms with Crippen LogP contribution in [0.25, 0.3) is 0 Å². The Hall–Kier alpha value is -1.09. The molecule has 1 N–H and O–H groups in total. The van der Waals surface area contributed by atoms with E-state index in [4.69, 9.17) is 11.6 Å². The van der Waals surface area contributed by atoms with Gasteiger partial charge in [0.15, 0.2) is 5.78 Å². The third-order valence-electron chi connectivity index (χ3n) is 2.25. The van der Waals surface area contributed by atoms with Crippen molar-refractivity contribution in [3.63, 3.8) is 0 Å². The van der Waals surface area contributed by atoms with Crippen molar-refractivity contribution in [2.24, 2.45) is 5.92 Å². The molecule has 2 rings (SSSR count). The van der Waals surface area contributed by atoms with E-state index in [0.29, 0.717) is 0 Å². The molecule has 0 atom stereocenters. The summed E-state index contributed by atoms with van der Waals surface area (Å²) in [5, 5.41) is 9.21. The van der Waals surface area contributed by atoms with Crippen molar-refractivity contribution in [2.75, 3.05) is 0 Å². The van der Waals surface area contributed by atoms with Crippen molar-refractivity contribution in [3.8, 4) is 5.75 Å².